The van der Waals surface area contributed by atoms with E-state index < -0.39 is 23.8 Å². The number of carbonyl (C=O) groups is 1. The first-order valence-corrected chi connectivity index (χ1v) is 6.16. The molecule has 1 unspecified atom stereocenters. The van der Waals surface area contributed by atoms with Gasteiger partial charge in [0, 0.05) is 26.1 Å². The molecule has 1 saturated heterocycles. The van der Waals surface area contributed by atoms with Crippen LogP contribution in [0.15, 0.2) is 4.52 Å². The van der Waals surface area contributed by atoms with E-state index in [0.717, 1.165) is 0 Å². The highest BCUT2D eigenvalue weighted by atomic mass is 19.4. The summed E-state index contributed by atoms with van der Waals surface area (Å²) in [6, 6.07) is 0. The average molecular weight is 311 g/mol. The Balaban J connectivity index is 2.23. The number of halogens is 4. The minimum atomic E-state index is -5.26. The molecule has 0 aliphatic carbocycles. The standard InChI is InChI=1S/C11H13F4N3O3/c1-6-16-9(21-18-6)10(2-4-20-5-3-10)17-8(19)7(12)11(13,14)15/h7H,2-5H2,1H3,(H,17,19). The van der Waals surface area contributed by atoms with E-state index in [0.29, 0.717) is 0 Å². The molecular weight excluding hydrogens is 298 g/mol. The second kappa shape index (κ2) is 5.58. The summed E-state index contributed by atoms with van der Waals surface area (Å²) < 4.78 is 60.0. The van der Waals surface area contributed by atoms with E-state index in [1.807, 2.05) is 0 Å². The third kappa shape index (κ3) is 3.31. The van der Waals surface area contributed by atoms with Crippen LogP contribution in [-0.4, -0.2) is 41.6 Å². The van der Waals surface area contributed by atoms with Gasteiger partial charge in [0.25, 0.3) is 18.0 Å². The lowest BCUT2D eigenvalue weighted by atomic mass is 9.89. The van der Waals surface area contributed by atoms with Crippen molar-refractivity contribution in [2.24, 2.45) is 0 Å². The first-order valence-electron chi connectivity index (χ1n) is 6.16. The Bertz CT molecular complexity index is 511. The minimum Gasteiger partial charge on any atom is -0.381 e. The highest BCUT2D eigenvalue weighted by Gasteiger charge is 2.49. The van der Waals surface area contributed by atoms with Crippen LogP contribution in [0, 0.1) is 6.92 Å². The van der Waals surface area contributed by atoms with Gasteiger partial charge in [-0.2, -0.15) is 18.2 Å². The van der Waals surface area contributed by atoms with Crippen LogP contribution in [0.3, 0.4) is 0 Å². The van der Waals surface area contributed by atoms with Gasteiger partial charge in [0.2, 0.25) is 0 Å². The normalized spacial score (nSPS) is 20.0. The number of carbonyl (C=O) groups excluding carboxylic acids is 1. The van der Waals surface area contributed by atoms with Gasteiger partial charge in [-0.25, -0.2) is 4.39 Å². The van der Waals surface area contributed by atoms with Crippen LogP contribution in [0.1, 0.15) is 24.6 Å². The molecule has 1 amide bonds. The molecule has 2 heterocycles. The van der Waals surface area contributed by atoms with Crippen LogP contribution in [0.4, 0.5) is 17.6 Å². The second-order valence-corrected chi connectivity index (χ2v) is 4.73. The van der Waals surface area contributed by atoms with E-state index in [4.69, 9.17) is 9.26 Å². The predicted molar refractivity (Wildman–Crippen MR) is 59.9 cm³/mol. The number of rotatable bonds is 3. The zero-order valence-corrected chi connectivity index (χ0v) is 11.0. The number of nitrogens with one attached hydrogen (secondary N) is 1. The van der Waals surface area contributed by atoms with Gasteiger partial charge < -0.3 is 14.6 Å². The molecule has 0 radical (unpaired) electrons. The maximum absolute atomic E-state index is 13.1. The van der Waals surface area contributed by atoms with Gasteiger partial charge in [0.15, 0.2) is 5.82 Å². The lowest BCUT2D eigenvalue weighted by molar-refractivity contribution is -0.188. The van der Waals surface area contributed by atoms with E-state index >= 15 is 0 Å². The fourth-order valence-electron chi connectivity index (χ4n) is 2.05. The highest BCUT2D eigenvalue weighted by Crippen LogP contribution is 2.32. The third-order valence-corrected chi connectivity index (χ3v) is 3.16. The van der Waals surface area contributed by atoms with Gasteiger partial charge >= 0.3 is 6.18 Å². The number of hydrogen-bond acceptors (Lipinski definition) is 5. The van der Waals surface area contributed by atoms with Crippen molar-refractivity contribution in [3.05, 3.63) is 11.7 Å². The van der Waals surface area contributed by atoms with Crippen molar-refractivity contribution in [3.8, 4) is 0 Å². The van der Waals surface area contributed by atoms with E-state index in [2.05, 4.69) is 15.5 Å². The molecule has 118 valence electrons. The van der Waals surface area contributed by atoms with Gasteiger partial charge in [0.05, 0.1) is 0 Å². The molecule has 0 saturated carbocycles. The van der Waals surface area contributed by atoms with Gasteiger partial charge in [0.1, 0.15) is 5.54 Å². The predicted octanol–water partition coefficient (Wildman–Crippen LogP) is 1.40. The van der Waals surface area contributed by atoms with E-state index in [1.165, 1.54) is 6.92 Å². The molecule has 10 heteroatoms. The fraction of sp³-hybridized carbons (Fsp3) is 0.727. The lowest BCUT2D eigenvalue weighted by Gasteiger charge is -2.35. The summed E-state index contributed by atoms with van der Waals surface area (Å²) in [7, 11) is 0. The Morgan fingerprint density at radius 3 is 2.48 bits per heavy atom. The molecule has 1 fully saturated rings. The van der Waals surface area contributed by atoms with Gasteiger partial charge in [-0.1, -0.05) is 5.16 Å². The number of alkyl halides is 4. The van der Waals surface area contributed by atoms with Crippen molar-refractivity contribution in [1.29, 1.82) is 0 Å². The topological polar surface area (TPSA) is 77.2 Å². The number of amides is 1. The zero-order chi connectivity index (χ0) is 15.7. The van der Waals surface area contributed by atoms with Crippen molar-refractivity contribution in [2.45, 2.75) is 37.7 Å². The Hall–Kier alpha value is -1.71. The van der Waals surface area contributed by atoms with Crippen molar-refractivity contribution < 1.29 is 31.6 Å². The minimum absolute atomic E-state index is 0.0500. The molecule has 6 nitrogen and oxygen atoms in total. The van der Waals surface area contributed by atoms with Crippen molar-refractivity contribution in [3.63, 3.8) is 0 Å². The molecule has 0 bridgehead atoms. The first-order chi connectivity index (χ1) is 9.74. The summed E-state index contributed by atoms with van der Waals surface area (Å²) in [5.41, 5.74) is -1.34. The molecule has 1 aromatic rings. The summed E-state index contributed by atoms with van der Waals surface area (Å²) in [4.78, 5) is 15.4. The highest BCUT2D eigenvalue weighted by molar-refractivity contribution is 5.82. The van der Waals surface area contributed by atoms with Gasteiger partial charge in [-0.15, -0.1) is 0 Å². The quantitative estimate of drug-likeness (QED) is 0.854. The molecule has 2 rings (SSSR count). The number of hydrogen-bond donors (Lipinski definition) is 1. The first kappa shape index (κ1) is 15.7. The summed E-state index contributed by atoms with van der Waals surface area (Å²) in [6.45, 7) is 1.87. The summed E-state index contributed by atoms with van der Waals surface area (Å²) >= 11 is 0. The van der Waals surface area contributed by atoms with Gasteiger partial charge in [-0.3, -0.25) is 4.79 Å². The molecular formula is C11H13F4N3O3. The fourth-order valence-corrected chi connectivity index (χ4v) is 2.05. The number of aryl methyl sites for hydroxylation is 1. The summed E-state index contributed by atoms with van der Waals surface area (Å²) in [6.07, 6.45) is -8.64. The van der Waals surface area contributed by atoms with Crippen molar-refractivity contribution in [2.75, 3.05) is 13.2 Å². The molecule has 0 spiro atoms. The maximum Gasteiger partial charge on any atom is 0.428 e. The Labute approximate surface area is 116 Å². The second-order valence-electron chi connectivity index (χ2n) is 4.73. The molecule has 1 aliphatic rings. The Morgan fingerprint density at radius 1 is 1.38 bits per heavy atom. The zero-order valence-electron chi connectivity index (χ0n) is 11.0. The number of ether oxygens (including phenoxy) is 1. The van der Waals surface area contributed by atoms with Gasteiger partial charge in [-0.05, 0) is 6.92 Å². The van der Waals surface area contributed by atoms with Crippen LogP contribution in [0.2, 0.25) is 0 Å². The Kier molecular flexibility index (Phi) is 4.17. The molecule has 1 aromatic heterocycles. The largest absolute Gasteiger partial charge is 0.428 e. The molecule has 0 aromatic carbocycles. The lowest BCUT2D eigenvalue weighted by Crippen LogP contribution is -2.54. The molecule has 21 heavy (non-hydrogen) atoms. The average Bonchev–Trinajstić information content (AvgIpc) is 2.85. The SMILES string of the molecule is Cc1noc(C2(NC(=O)C(F)C(F)(F)F)CCOCC2)n1. The maximum atomic E-state index is 13.1. The Morgan fingerprint density at radius 2 is 2.00 bits per heavy atom. The number of aromatic nitrogens is 2. The van der Waals surface area contributed by atoms with Crippen LogP contribution in [-0.2, 0) is 15.1 Å². The van der Waals surface area contributed by atoms with Crippen molar-refractivity contribution in [1.82, 2.24) is 15.5 Å². The monoisotopic (exact) mass is 311 g/mol. The molecule has 1 aliphatic heterocycles. The number of nitrogens with zero attached hydrogens (tertiary/aromatic N) is 2. The molecule has 1 atom stereocenters. The van der Waals surface area contributed by atoms with E-state index in [-0.39, 0.29) is 37.8 Å². The van der Waals surface area contributed by atoms with E-state index in [1.54, 1.807) is 0 Å². The van der Waals surface area contributed by atoms with Crippen LogP contribution in [0.5, 0.6) is 0 Å². The third-order valence-electron chi connectivity index (χ3n) is 3.16. The van der Waals surface area contributed by atoms with Crippen molar-refractivity contribution >= 4 is 5.91 Å². The van der Waals surface area contributed by atoms with E-state index in [9.17, 15) is 22.4 Å². The summed E-state index contributed by atoms with van der Waals surface area (Å²) in [5.74, 6) is -1.57. The van der Waals surface area contributed by atoms with Crippen LogP contribution < -0.4 is 5.32 Å². The smallest absolute Gasteiger partial charge is 0.381 e. The molecule has 1 N–H and O–H groups in total. The summed E-state index contributed by atoms with van der Waals surface area (Å²) in [5, 5.41) is 5.60. The van der Waals surface area contributed by atoms with Crippen LogP contribution >= 0.6 is 0 Å². The van der Waals surface area contributed by atoms with Crippen LogP contribution in [0.25, 0.3) is 0 Å².